The molecule has 0 aliphatic carbocycles. The number of hydrogen-bond acceptors (Lipinski definition) is 4. The number of nitrogens with zero attached hydrogens (tertiary/aromatic N) is 1. The van der Waals surface area contributed by atoms with E-state index < -0.39 is 6.36 Å². The van der Waals surface area contributed by atoms with Gasteiger partial charge in [0.05, 0.1) is 19.6 Å². The molecule has 5 nitrogen and oxygen atoms in total. The van der Waals surface area contributed by atoms with E-state index in [-0.39, 0.29) is 24.1 Å². The lowest BCUT2D eigenvalue weighted by Crippen LogP contribution is -2.51. The Labute approximate surface area is 151 Å². The van der Waals surface area contributed by atoms with Gasteiger partial charge in [-0.1, -0.05) is 26.0 Å². The van der Waals surface area contributed by atoms with Crippen LogP contribution in [0.15, 0.2) is 24.3 Å². The number of ether oxygens (including phenoxy) is 2. The molecule has 1 aromatic carbocycles. The average molecular weight is 374 g/mol. The van der Waals surface area contributed by atoms with Crippen molar-refractivity contribution in [3.05, 3.63) is 29.8 Å². The summed E-state index contributed by atoms with van der Waals surface area (Å²) in [7, 11) is 0. The molecule has 1 aliphatic rings. The van der Waals surface area contributed by atoms with E-state index in [4.69, 9.17) is 4.74 Å². The van der Waals surface area contributed by atoms with Crippen molar-refractivity contribution in [1.29, 1.82) is 0 Å². The molecule has 2 rings (SSSR count). The van der Waals surface area contributed by atoms with Crippen molar-refractivity contribution >= 4 is 5.91 Å². The maximum atomic E-state index is 12.2. The molecule has 0 saturated carbocycles. The number of benzene rings is 1. The maximum absolute atomic E-state index is 12.2. The largest absolute Gasteiger partial charge is 0.573 e. The van der Waals surface area contributed by atoms with Crippen LogP contribution < -0.4 is 10.1 Å². The third-order valence-electron chi connectivity index (χ3n) is 4.31. The zero-order valence-corrected chi connectivity index (χ0v) is 15.0. The first-order valence-electron chi connectivity index (χ1n) is 8.68. The Morgan fingerprint density at radius 3 is 2.38 bits per heavy atom. The number of morpholine rings is 1. The van der Waals surface area contributed by atoms with Crippen LogP contribution in [0, 0.1) is 5.92 Å². The second-order valence-electron chi connectivity index (χ2n) is 6.63. The first-order valence-corrected chi connectivity index (χ1v) is 8.68. The molecule has 1 amide bonds. The first-order chi connectivity index (χ1) is 12.2. The fraction of sp³-hybridized carbons (Fsp3) is 0.611. The molecular weight excluding hydrogens is 349 g/mol. The highest BCUT2D eigenvalue weighted by Gasteiger charge is 2.31. The highest BCUT2D eigenvalue weighted by molar-refractivity contribution is 5.78. The summed E-state index contributed by atoms with van der Waals surface area (Å²) in [5, 5.41) is 2.93. The van der Waals surface area contributed by atoms with Crippen LogP contribution in [0.4, 0.5) is 13.2 Å². The van der Waals surface area contributed by atoms with E-state index >= 15 is 0 Å². The second-order valence-corrected chi connectivity index (χ2v) is 6.63. The van der Waals surface area contributed by atoms with Gasteiger partial charge in [0.25, 0.3) is 0 Å². The van der Waals surface area contributed by atoms with Crippen molar-refractivity contribution in [2.45, 2.75) is 32.7 Å². The third kappa shape index (κ3) is 6.84. The van der Waals surface area contributed by atoms with Crippen LogP contribution >= 0.6 is 0 Å². The van der Waals surface area contributed by atoms with Crippen molar-refractivity contribution < 1.29 is 27.4 Å². The Hall–Kier alpha value is -1.80. The van der Waals surface area contributed by atoms with E-state index in [2.05, 4.69) is 28.8 Å². The normalized spacial score (nSPS) is 17.2. The fourth-order valence-electron chi connectivity index (χ4n) is 2.97. The van der Waals surface area contributed by atoms with E-state index in [1.165, 1.54) is 24.3 Å². The molecule has 8 heteroatoms. The molecule has 1 fully saturated rings. The standard InChI is InChI=1S/C18H25F3N2O3/c1-13(2)16(23-7-9-25-10-8-23)12-22-17(24)11-14-3-5-15(6-4-14)26-18(19,20)21/h3-6,13,16H,7-12H2,1-2H3,(H,22,24)/t16-/m1/s1. The van der Waals surface area contributed by atoms with Gasteiger partial charge in [-0.25, -0.2) is 0 Å². The van der Waals surface area contributed by atoms with Crippen molar-refractivity contribution in [3.8, 4) is 5.75 Å². The summed E-state index contributed by atoms with van der Waals surface area (Å²) in [5.74, 6) is -0.0746. The Morgan fingerprint density at radius 2 is 1.85 bits per heavy atom. The van der Waals surface area contributed by atoms with Crippen LogP contribution in [-0.4, -0.2) is 56.1 Å². The average Bonchev–Trinajstić information content (AvgIpc) is 2.56. The number of carbonyl (C=O) groups excluding carboxylic acids is 1. The van der Waals surface area contributed by atoms with E-state index in [1.807, 2.05) is 0 Å². The fourth-order valence-corrected chi connectivity index (χ4v) is 2.97. The number of alkyl halides is 3. The van der Waals surface area contributed by atoms with E-state index in [1.54, 1.807) is 0 Å². The molecule has 1 N–H and O–H groups in total. The lowest BCUT2D eigenvalue weighted by atomic mass is 10.0. The molecule has 1 atom stereocenters. The van der Waals surface area contributed by atoms with E-state index in [9.17, 15) is 18.0 Å². The minimum atomic E-state index is -4.72. The second kappa shape index (κ2) is 9.23. The summed E-state index contributed by atoms with van der Waals surface area (Å²) in [6.07, 6.45) is -4.61. The maximum Gasteiger partial charge on any atom is 0.573 e. The van der Waals surface area contributed by atoms with Gasteiger partial charge < -0.3 is 14.8 Å². The SMILES string of the molecule is CC(C)[C@@H](CNC(=O)Cc1ccc(OC(F)(F)F)cc1)N1CCOCC1. The Morgan fingerprint density at radius 1 is 1.23 bits per heavy atom. The van der Waals surface area contributed by atoms with Crippen LogP contribution in [0.2, 0.25) is 0 Å². The monoisotopic (exact) mass is 374 g/mol. The summed E-state index contributed by atoms with van der Waals surface area (Å²) < 4.78 is 45.6. The van der Waals surface area contributed by atoms with Crippen LogP contribution in [0.3, 0.4) is 0 Å². The van der Waals surface area contributed by atoms with Gasteiger partial charge in [-0.15, -0.1) is 13.2 Å². The zero-order chi connectivity index (χ0) is 19.2. The van der Waals surface area contributed by atoms with Gasteiger partial charge in [-0.05, 0) is 23.6 Å². The molecule has 146 valence electrons. The van der Waals surface area contributed by atoms with Gasteiger partial charge in [0.2, 0.25) is 5.91 Å². The summed E-state index contributed by atoms with van der Waals surface area (Å²) >= 11 is 0. The van der Waals surface area contributed by atoms with Gasteiger partial charge in [0, 0.05) is 25.7 Å². The molecule has 26 heavy (non-hydrogen) atoms. The molecule has 0 bridgehead atoms. The van der Waals surface area contributed by atoms with Gasteiger partial charge in [-0.2, -0.15) is 0 Å². The molecule has 0 radical (unpaired) electrons. The molecule has 1 aliphatic heterocycles. The summed E-state index contributed by atoms with van der Waals surface area (Å²) in [5.41, 5.74) is 0.629. The predicted octanol–water partition coefficient (Wildman–Crippen LogP) is 2.60. The highest BCUT2D eigenvalue weighted by atomic mass is 19.4. The quantitative estimate of drug-likeness (QED) is 0.797. The van der Waals surface area contributed by atoms with Crippen molar-refractivity contribution in [1.82, 2.24) is 10.2 Å². The van der Waals surface area contributed by atoms with Crippen LogP contribution in [-0.2, 0) is 16.0 Å². The van der Waals surface area contributed by atoms with Crippen LogP contribution in [0.1, 0.15) is 19.4 Å². The van der Waals surface area contributed by atoms with Crippen molar-refractivity contribution in [3.63, 3.8) is 0 Å². The molecule has 1 aromatic rings. The zero-order valence-electron chi connectivity index (χ0n) is 15.0. The molecule has 1 heterocycles. The Kier molecular flexibility index (Phi) is 7.28. The van der Waals surface area contributed by atoms with E-state index in [0.717, 1.165) is 13.1 Å². The Bertz CT molecular complexity index is 570. The lowest BCUT2D eigenvalue weighted by Gasteiger charge is -2.36. The minimum absolute atomic E-state index is 0.111. The summed E-state index contributed by atoms with van der Waals surface area (Å²) in [6, 6.07) is 5.57. The van der Waals surface area contributed by atoms with Crippen LogP contribution in [0.25, 0.3) is 0 Å². The number of halogens is 3. The highest BCUT2D eigenvalue weighted by Crippen LogP contribution is 2.22. The van der Waals surface area contributed by atoms with Gasteiger partial charge in [0.15, 0.2) is 0 Å². The van der Waals surface area contributed by atoms with Gasteiger partial charge >= 0.3 is 6.36 Å². The summed E-state index contributed by atoms with van der Waals surface area (Å²) in [4.78, 5) is 14.5. The number of nitrogens with one attached hydrogen (secondary N) is 1. The third-order valence-corrected chi connectivity index (χ3v) is 4.31. The lowest BCUT2D eigenvalue weighted by molar-refractivity contribution is -0.274. The molecule has 0 spiro atoms. The smallest absolute Gasteiger partial charge is 0.406 e. The van der Waals surface area contributed by atoms with Crippen molar-refractivity contribution in [2.24, 2.45) is 5.92 Å². The number of rotatable bonds is 7. The topological polar surface area (TPSA) is 50.8 Å². The number of hydrogen-bond donors (Lipinski definition) is 1. The predicted molar refractivity (Wildman–Crippen MR) is 90.9 cm³/mol. The number of carbonyl (C=O) groups is 1. The molecule has 1 saturated heterocycles. The first kappa shape index (κ1) is 20.5. The molecule has 0 unspecified atom stereocenters. The van der Waals surface area contributed by atoms with E-state index in [0.29, 0.717) is 31.2 Å². The summed E-state index contributed by atoms with van der Waals surface area (Å²) in [6.45, 7) is 7.86. The number of amides is 1. The van der Waals surface area contributed by atoms with Crippen LogP contribution in [0.5, 0.6) is 5.75 Å². The van der Waals surface area contributed by atoms with Gasteiger partial charge in [0.1, 0.15) is 5.75 Å². The van der Waals surface area contributed by atoms with Gasteiger partial charge in [-0.3, -0.25) is 9.69 Å². The molecular formula is C18H25F3N2O3. The van der Waals surface area contributed by atoms with Crippen molar-refractivity contribution in [2.75, 3.05) is 32.8 Å². The minimum Gasteiger partial charge on any atom is -0.406 e. The molecule has 0 aromatic heterocycles. The Balaban J connectivity index is 1.83.